The highest BCUT2D eigenvalue weighted by molar-refractivity contribution is 5.83. The molecule has 1 N–H and O–H groups in total. The summed E-state index contributed by atoms with van der Waals surface area (Å²) in [6, 6.07) is 7.29. The van der Waals surface area contributed by atoms with Gasteiger partial charge in [-0.15, -0.1) is 0 Å². The molecule has 8 heteroatoms. The third-order valence-electron chi connectivity index (χ3n) is 3.68. The first-order chi connectivity index (χ1) is 11.5. The smallest absolute Gasteiger partial charge is 0.410 e. The van der Waals surface area contributed by atoms with Crippen LogP contribution >= 0.6 is 0 Å². The van der Waals surface area contributed by atoms with Gasteiger partial charge in [0.25, 0.3) is 0 Å². The lowest BCUT2D eigenvalue weighted by molar-refractivity contribution is -0.122. The number of carbonyl (C=O) groups is 2. The van der Waals surface area contributed by atoms with E-state index >= 15 is 0 Å². The van der Waals surface area contributed by atoms with Gasteiger partial charge in [0.1, 0.15) is 19.2 Å². The molecule has 2 amide bonds. The van der Waals surface area contributed by atoms with Crippen molar-refractivity contribution in [2.45, 2.75) is 19.9 Å². The monoisotopic (exact) mass is 330 g/mol. The van der Waals surface area contributed by atoms with Crippen LogP contribution in [0.2, 0.25) is 0 Å². The van der Waals surface area contributed by atoms with Gasteiger partial charge in [-0.05, 0) is 13.8 Å². The summed E-state index contributed by atoms with van der Waals surface area (Å²) in [5, 5.41) is 6.67. The number of hydrogen-bond donors (Lipinski definition) is 1. The van der Waals surface area contributed by atoms with Gasteiger partial charge < -0.3 is 14.6 Å². The second-order valence-corrected chi connectivity index (χ2v) is 5.65. The Hall–Kier alpha value is -2.90. The van der Waals surface area contributed by atoms with Crippen LogP contribution in [0.5, 0.6) is 0 Å². The summed E-state index contributed by atoms with van der Waals surface area (Å²) in [5.41, 5.74) is 1.98. The number of benzene rings is 1. The Morgan fingerprint density at radius 1 is 1.38 bits per heavy atom. The number of aryl methyl sites for hydroxylation is 1. The number of hydrogen-bond acceptors (Lipinski definition) is 6. The quantitative estimate of drug-likeness (QED) is 0.895. The SMILES string of the molecule is Cc1ccc(-c2noc(C(C)NC(=O)CN3CCOC3=O)n2)cc1. The van der Waals surface area contributed by atoms with Crippen LogP contribution in [0.4, 0.5) is 4.79 Å². The first-order valence-electron chi connectivity index (χ1n) is 7.64. The maximum Gasteiger partial charge on any atom is 0.410 e. The van der Waals surface area contributed by atoms with Crippen molar-refractivity contribution in [1.29, 1.82) is 0 Å². The molecule has 1 aromatic carbocycles. The van der Waals surface area contributed by atoms with Gasteiger partial charge in [0, 0.05) is 5.56 Å². The van der Waals surface area contributed by atoms with Crippen LogP contribution in [0.15, 0.2) is 28.8 Å². The van der Waals surface area contributed by atoms with Crippen molar-refractivity contribution >= 4 is 12.0 Å². The van der Waals surface area contributed by atoms with Gasteiger partial charge in [0.05, 0.1) is 6.54 Å². The van der Waals surface area contributed by atoms with E-state index in [1.54, 1.807) is 6.92 Å². The molecule has 2 aromatic rings. The first-order valence-corrected chi connectivity index (χ1v) is 7.64. The summed E-state index contributed by atoms with van der Waals surface area (Å²) in [6.45, 7) is 4.41. The Balaban J connectivity index is 1.61. The summed E-state index contributed by atoms with van der Waals surface area (Å²) < 4.78 is 10.0. The number of carbonyl (C=O) groups excluding carboxylic acids is 2. The molecular weight excluding hydrogens is 312 g/mol. The molecule has 1 aliphatic heterocycles. The van der Waals surface area contributed by atoms with Crippen LogP contribution in [-0.4, -0.2) is 46.7 Å². The highest BCUT2D eigenvalue weighted by Gasteiger charge is 2.25. The van der Waals surface area contributed by atoms with Gasteiger partial charge in [0.15, 0.2) is 0 Å². The number of cyclic esters (lactones) is 1. The zero-order valence-corrected chi connectivity index (χ0v) is 13.5. The average Bonchev–Trinajstić information content (AvgIpc) is 3.18. The second-order valence-electron chi connectivity index (χ2n) is 5.65. The lowest BCUT2D eigenvalue weighted by Gasteiger charge is -2.14. The Bertz CT molecular complexity index is 741. The van der Waals surface area contributed by atoms with Crippen LogP contribution in [0.3, 0.4) is 0 Å². The zero-order valence-electron chi connectivity index (χ0n) is 13.5. The minimum Gasteiger partial charge on any atom is -0.448 e. The van der Waals surface area contributed by atoms with E-state index in [4.69, 9.17) is 9.26 Å². The van der Waals surface area contributed by atoms with E-state index < -0.39 is 12.1 Å². The third-order valence-corrected chi connectivity index (χ3v) is 3.68. The molecule has 2 heterocycles. The zero-order chi connectivity index (χ0) is 17.1. The predicted octanol–water partition coefficient (Wildman–Crippen LogP) is 1.67. The third kappa shape index (κ3) is 3.53. The Morgan fingerprint density at radius 3 is 2.79 bits per heavy atom. The standard InChI is InChI=1S/C16H18N4O4/c1-10-3-5-12(6-4-10)14-18-15(24-19-14)11(2)17-13(21)9-20-7-8-23-16(20)22/h3-6,11H,7-9H2,1-2H3,(H,17,21). The van der Waals surface area contributed by atoms with Gasteiger partial charge >= 0.3 is 6.09 Å². The number of ether oxygens (including phenoxy) is 1. The molecule has 8 nitrogen and oxygen atoms in total. The lowest BCUT2D eigenvalue weighted by atomic mass is 10.1. The number of nitrogens with zero attached hydrogens (tertiary/aromatic N) is 3. The van der Waals surface area contributed by atoms with E-state index in [9.17, 15) is 9.59 Å². The van der Waals surface area contributed by atoms with Crippen LogP contribution in [-0.2, 0) is 9.53 Å². The second kappa shape index (κ2) is 6.69. The van der Waals surface area contributed by atoms with Gasteiger partial charge in [-0.3, -0.25) is 9.69 Å². The van der Waals surface area contributed by atoms with E-state index in [1.807, 2.05) is 31.2 Å². The van der Waals surface area contributed by atoms with Crippen molar-refractivity contribution in [3.63, 3.8) is 0 Å². The molecule has 0 saturated carbocycles. The predicted molar refractivity (Wildman–Crippen MR) is 83.9 cm³/mol. The molecule has 24 heavy (non-hydrogen) atoms. The van der Waals surface area contributed by atoms with Gasteiger partial charge in [-0.2, -0.15) is 4.98 Å². The highest BCUT2D eigenvalue weighted by atomic mass is 16.6. The lowest BCUT2D eigenvalue weighted by Crippen LogP contribution is -2.38. The summed E-state index contributed by atoms with van der Waals surface area (Å²) in [7, 11) is 0. The molecule has 1 atom stereocenters. The molecule has 1 fully saturated rings. The first kappa shape index (κ1) is 16.0. The average molecular weight is 330 g/mol. The summed E-state index contributed by atoms with van der Waals surface area (Å²) in [4.78, 5) is 29.0. The van der Waals surface area contributed by atoms with Crippen molar-refractivity contribution in [3.05, 3.63) is 35.7 Å². The van der Waals surface area contributed by atoms with Crippen molar-refractivity contribution in [3.8, 4) is 11.4 Å². The van der Waals surface area contributed by atoms with E-state index in [2.05, 4.69) is 15.5 Å². The van der Waals surface area contributed by atoms with Gasteiger partial charge in [-0.25, -0.2) is 4.79 Å². The van der Waals surface area contributed by atoms with Crippen molar-refractivity contribution in [2.24, 2.45) is 0 Å². The van der Waals surface area contributed by atoms with Crippen LogP contribution in [0.25, 0.3) is 11.4 Å². The Morgan fingerprint density at radius 2 is 2.12 bits per heavy atom. The number of nitrogens with one attached hydrogen (secondary N) is 1. The maximum atomic E-state index is 12.0. The van der Waals surface area contributed by atoms with Gasteiger partial charge in [-0.1, -0.05) is 35.0 Å². The fourth-order valence-corrected chi connectivity index (χ4v) is 2.32. The molecule has 0 aliphatic carbocycles. The van der Waals surface area contributed by atoms with Crippen LogP contribution in [0, 0.1) is 6.92 Å². The van der Waals surface area contributed by atoms with E-state index in [0.717, 1.165) is 11.1 Å². The summed E-state index contributed by atoms with van der Waals surface area (Å²) in [6.07, 6.45) is -0.475. The Labute approximate surface area is 138 Å². The fraction of sp³-hybridized carbons (Fsp3) is 0.375. The number of rotatable bonds is 5. The van der Waals surface area contributed by atoms with Crippen LogP contribution in [0.1, 0.15) is 24.4 Å². The van der Waals surface area contributed by atoms with Crippen molar-refractivity contribution in [2.75, 3.05) is 19.7 Å². The fourth-order valence-electron chi connectivity index (χ4n) is 2.32. The molecular formula is C16H18N4O4. The van der Waals surface area contributed by atoms with E-state index in [0.29, 0.717) is 24.9 Å². The normalized spacial score (nSPS) is 15.2. The number of aromatic nitrogens is 2. The summed E-state index contributed by atoms with van der Waals surface area (Å²) >= 11 is 0. The Kier molecular flexibility index (Phi) is 4.45. The molecule has 1 aromatic heterocycles. The topological polar surface area (TPSA) is 97.6 Å². The molecule has 1 aliphatic rings. The molecule has 0 bridgehead atoms. The van der Waals surface area contributed by atoms with Crippen molar-refractivity contribution < 1.29 is 18.8 Å². The maximum absolute atomic E-state index is 12.0. The molecule has 1 saturated heterocycles. The molecule has 0 spiro atoms. The minimum absolute atomic E-state index is 0.0534. The highest BCUT2D eigenvalue weighted by Crippen LogP contribution is 2.19. The largest absolute Gasteiger partial charge is 0.448 e. The molecule has 1 unspecified atom stereocenters. The van der Waals surface area contributed by atoms with E-state index in [-0.39, 0.29) is 12.5 Å². The minimum atomic E-state index is -0.475. The number of amides is 2. The van der Waals surface area contributed by atoms with Crippen molar-refractivity contribution in [1.82, 2.24) is 20.4 Å². The van der Waals surface area contributed by atoms with Crippen LogP contribution < -0.4 is 5.32 Å². The summed E-state index contributed by atoms with van der Waals surface area (Å²) in [5.74, 6) is 0.466. The molecule has 0 radical (unpaired) electrons. The molecule has 3 rings (SSSR count). The van der Waals surface area contributed by atoms with Gasteiger partial charge in [0.2, 0.25) is 17.6 Å². The van der Waals surface area contributed by atoms with E-state index in [1.165, 1.54) is 4.90 Å². The molecule has 126 valence electrons.